The van der Waals surface area contributed by atoms with Crippen LogP contribution in [0.4, 0.5) is 5.69 Å². The predicted molar refractivity (Wildman–Crippen MR) is 94.1 cm³/mol. The molecule has 8 heteroatoms. The number of aromatic nitrogens is 3. The number of benzene rings is 2. The molecule has 7 nitrogen and oxygen atoms in total. The zero-order valence-corrected chi connectivity index (χ0v) is 13.8. The molecule has 3 rings (SSSR count). The monoisotopic (exact) mass is 354 g/mol. The summed E-state index contributed by atoms with van der Waals surface area (Å²) < 4.78 is 1.62. The number of nitrogens with zero attached hydrogens (tertiary/aromatic N) is 3. The van der Waals surface area contributed by atoms with Gasteiger partial charge < -0.3 is 10.4 Å². The number of nitrogens with one attached hydrogen (secondary N) is 1. The van der Waals surface area contributed by atoms with Gasteiger partial charge in [0.25, 0.3) is 0 Å². The highest BCUT2D eigenvalue weighted by Gasteiger charge is 2.13. The van der Waals surface area contributed by atoms with E-state index in [4.69, 9.17) is 5.11 Å². The normalized spacial score (nSPS) is 10.4. The number of thioether (sulfide) groups is 1. The second-order valence-corrected chi connectivity index (χ2v) is 5.94. The van der Waals surface area contributed by atoms with Crippen LogP contribution in [-0.4, -0.2) is 37.5 Å². The molecule has 0 bridgehead atoms. The van der Waals surface area contributed by atoms with Crippen molar-refractivity contribution in [2.75, 3.05) is 11.1 Å². The van der Waals surface area contributed by atoms with Crippen LogP contribution >= 0.6 is 11.8 Å². The van der Waals surface area contributed by atoms with Gasteiger partial charge in [0, 0.05) is 0 Å². The Hall–Kier alpha value is -3.13. The third-order valence-corrected chi connectivity index (χ3v) is 4.11. The molecule has 1 amide bonds. The van der Waals surface area contributed by atoms with E-state index in [1.165, 1.54) is 17.8 Å². The zero-order valence-electron chi connectivity index (χ0n) is 13.0. The van der Waals surface area contributed by atoms with Gasteiger partial charge in [-0.1, -0.05) is 42.1 Å². The maximum Gasteiger partial charge on any atom is 0.337 e. The van der Waals surface area contributed by atoms with Gasteiger partial charge in [-0.15, -0.1) is 5.10 Å². The molecule has 0 aliphatic rings. The van der Waals surface area contributed by atoms with Crippen molar-refractivity contribution in [3.05, 3.63) is 66.5 Å². The number of carboxylic acids is 1. The third kappa shape index (κ3) is 4.24. The fraction of sp³-hybridized carbons (Fsp3) is 0.0588. The lowest BCUT2D eigenvalue weighted by molar-refractivity contribution is -0.113. The van der Waals surface area contributed by atoms with Crippen LogP contribution in [0, 0.1) is 0 Å². The summed E-state index contributed by atoms with van der Waals surface area (Å²) in [4.78, 5) is 27.3. The number of anilines is 1. The number of rotatable bonds is 6. The molecule has 25 heavy (non-hydrogen) atoms. The Morgan fingerprint density at radius 2 is 1.80 bits per heavy atom. The Balaban J connectivity index is 1.60. The number of para-hydroxylation sites is 2. The molecule has 1 heterocycles. The minimum Gasteiger partial charge on any atom is -0.478 e. The van der Waals surface area contributed by atoms with E-state index in [1.807, 2.05) is 30.3 Å². The van der Waals surface area contributed by atoms with Crippen molar-refractivity contribution in [1.29, 1.82) is 0 Å². The predicted octanol–water partition coefficient (Wildman–Crippen LogP) is 2.70. The van der Waals surface area contributed by atoms with Gasteiger partial charge in [0.2, 0.25) is 11.1 Å². The SMILES string of the molecule is O=C(CSc1ncn(-c2ccccc2)n1)Nc1ccccc1C(=O)O. The average molecular weight is 354 g/mol. The lowest BCUT2D eigenvalue weighted by Crippen LogP contribution is -2.16. The summed E-state index contributed by atoms with van der Waals surface area (Å²) in [6.07, 6.45) is 1.58. The molecule has 0 saturated heterocycles. The second-order valence-electron chi connectivity index (χ2n) is 4.99. The number of amides is 1. The first-order valence-corrected chi connectivity index (χ1v) is 8.34. The number of carbonyl (C=O) groups is 2. The van der Waals surface area contributed by atoms with E-state index >= 15 is 0 Å². The maximum absolute atomic E-state index is 12.1. The van der Waals surface area contributed by atoms with Gasteiger partial charge in [-0.2, -0.15) is 0 Å². The van der Waals surface area contributed by atoms with Crippen molar-refractivity contribution in [2.45, 2.75) is 5.16 Å². The molecule has 0 fully saturated rings. The van der Waals surface area contributed by atoms with Crippen LogP contribution in [0.1, 0.15) is 10.4 Å². The van der Waals surface area contributed by atoms with E-state index in [2.05, 4.69) is 15.4 Å². The number of hydrogen-bond donors (Lipinski definition) is 2. The van der Waals surface area contributed by atoms with Gasteiger partial charge in [-0.05, 0) is 24.3 Å². The topological polar surface area (TPSA) is 97.1 Å². The van der Waals surface area contributed by atoms with E-state index in [1.54, 1.807) is 29.2 Å². The second kappa shape index (κ2) is 7.63. The Labute approximate surface area is 147 Å². The first-order valence-electron chi connectivity index (χ1n) is 7.35. The van der Waals surface area contributed by atoms with Gasteiger partial charge in [-0.3, -0.25) is 4.79 Å². The highest BCUT2D eigenvalue weighted by Crippen LogP contribution is 2.17. The van der Waals surface area contributed by atoms with Crippen molar-refractivity contribution < 1.29 is 14.7 Å². The number of hydrogen-bond acceptors (Lipinski definition) is 5. The van der Waals surface area contributed by atoms with Crippen LogP contribution in [0.2, 0.25) is 0 Å². The minimum atomic E-state index is -1.09. The molecule has 0 atom stereocenters. The molecular weight excluding hydrogens is 340 g/mol. The van der Waals surface area contributed by atoms with E-state index in [0.29, 0.717) is 5.16 Å². The summed E-state index contributed by atoms with van der Waals surface area (Å²) in [5.41, 5.74) is 1.19. The van der Waals surface area contributed by atoms with Crippen LogP contribution in [0.25, 0.3) is 5.69 Å². The fourth-order valence-electron chi connectivity index (χ4n) is 2.11. The smallest absolute Gasteiger partial charge is 0.337 e. The molecule has 2 N–H and O–H groups in total. The van der Waals surface area contributed by atoms with Crippen molar-refractivity contribution in [3.8, 4) is 5.69 Å². The number of carboxylic acid groups (broad SMARTS) is 1. The van der Waals surface area contributed by atoms with E-state index < -0.39 is 5.97 Å². The van der Waals surface area contributed by atoms with Crippen LogP contribution in [0.5, 0.6) is 0 Å². The van der Waals surface area contributed by atoms with E-state index in [-0.39, 0.29) is 22.9 Å². The lowest BCUT2D eigenvalue weighted by Gasteiger charge is -2.07. The molecule has 0 aliphatic heterocycles. The fourth-order valence-corrected chi connectivity index (χ4v) is 2.71. The van der Waals surface area contributed by atoms with Crippen LogP contribution in [0.3, 0.4) is 0 Å². The molecule has 0 radical (unpaired) electrons. The van der Waals surface area contributed by atoms with Crippen molar-refractivity contribution in [3.63, 3.8) is 0 Å². The summed E-state index contributed by atoms with van der Waals surface area (Å²) in [5.74, 6) is -1.34. The number of aromatic carboxylic acids is 1. The number of carbonyl (C=O) groups excluding carboxylic acids is 1. The lowest BCUT2D eigenvalue weighted by atomic mass is 10.2. The van der Waals surface area contributed by atoms with Crippen LogP contribution < -0.4 is 5.32 Å². The summed E-state index contributed by atoms with van der Waals surface area (Å²) in [6.45, 7) is 0. The Morgan fingerprint density at radius 1 is 1.08 bits per heavy atom. The van der Waals surface area contributed by atoms with Gasteiger partial charge in [0.05, 0.1) is 22.7 Å². The van der Waals surface area contributed by atoms with Crippen molar-refractivity contribution in [2.24, 2.45) is 0 Å². The molecule has 0 saturated carbocycles. The first kappa shape index (κ1) is 16.7. The zero-order chi connectivity index (χ0) is 17.6. The van der Waals surface area contributed by atoms with Crippen LogP contribution in [-0.2, 0) is 4.79 Å². The van der Waals surface area contributed by atoms with Crippen molar-refractivity contribution >= 4 is 29.3 Å². The molecule has 2 aromatic carbocycles. The highest BCUT2D eigenvalue weighted by molar-refractivity contribution is 7.99. The van der Waals surface area contributed by atoms with Gasteiger partial charge in [0.1, 0.15) is 6.33 Å². The standard InChI is InChI=1S/C17H14N4O3S/c22-15(19-14-9-5-4-8-13(14)16(23)24)10-25-17-18-11-21(20-17)12-6-2-1-3-7-12/h1-9,11H,10H2,(H,19,22)(H,23,24). The molecule has 1 aromatic heterocycles. The molecule has 3 aromatic rings. The molecule has 0 aliphatic carbocycles. The van der Waals surface area contributed by atoms with Crippen LogP contribution in [0.15, 0.2) is 66.1 Å². The van der Waals surface area contributed by atoms with Crippen molar-refractivity contribution in [1.82, 2.24) is 14.8 Å². The largest absolute Gasteiger partial charge is 0.478 e. The molecule has 0 unspecified atom stereocenters. The molecule has 126 valence electrons. The Bertz CT molecular complexity index is 896. The summed E-state index contributed by atoms with van der Waals surface area (Å²) in [7, 11) is 0. The summed E-state index contributed by atoms with van der Waals surface area (Å²) in [6, 6.07) is 15.8. The molecule has 0 spiro atoms. The molecular formula is C17H14N4O3S. The van der Waals surface area contributed by atoms with E-state index in [9.17, 15) is 9.59 Å². The summed E-state index contributed by atoms with van der Waals surface area (Å²) >= 11 is 1.18. The Kier molecular flexibility index (Phi) is 5.10. The van der Waals surface area contributed by atoms with Gasteiger partial charge in [-0.25, -0.2) is 14.5 Å². The maximum atomic E-state index is 12.1. The highest BCUT2D eigenvalue weighted by atomic mass is 32.2. The quantitative estimate of drug-likeness (QED) is 0.661. The van der Waals surface area contributed by atoms with Gasteiger partial charge in [0.15, 0.2) is 0 Å². The van der Waals surface area contributed by atoms with E-state index in [0.717, 1.165) is 5.69 Å². The first-order chi connectivity index (χ1) is 12.1. The average Bonchev–Trinajstić information content (AvgIpc) is 3.10. The third-order valence-electron chi connectivity index (χ3n) is 3.26. The van der Waals surface area contributed by atoms with Gasteiger partial charge >= 0.3 is 5.97 Å². The minimum absolute atomic E-state index is 0.0485. The Morgan fingerprint density at radius 3 is 2.56 bits per heavy atom. The summed E-state index contributed by atoms with van der Waals surface area (Å²) in [5, 5.41) is 16.5.